The maximum Gasteiger partial charge on any atom is 0.130 e. The number of pyridine rings is 2. The quantitative estimate of drug-likeness (QED) is 0.168. The van der Waals surface area contributed by atoms with Gasteiger partial charge in [-0.1, -0.05) is 92.3 Å². The van der Waals surface area contributed by atoms with Crippen LogP contribution in [0.4, 0.5) is 0 Å². The van der Waals surface area contributed by atoms with Gasteiger partial charge in [0.05, 0.1) is 21.3 Å². The topological polar surface area (TPSA) is 62.7 Å². The van der Waals surface area contributed by atoms with Crippen molar-refractivity contribution in [2.24, 2.45) is 0 Å². The number of nitrogens with zero attached hydrogens (tertiary/aromatic N) is 3. The fraction of sp³-hybridized carbons (Fsp3) is 0.125. The predicted molar refractivity (Wildman–Crippen MR) is 178 cm³/mol. The standard InChI is InChI=1S/C24H13N2O.C16H18N.Ir/c25-15-17-12-13-19-18-9-6-10-20(21-11-4-5-14-26-21)23(18)27-24(19)22(17)16-7-2-1-3-8-16;1-12-8-9-15(17-11-12)13-6-5-7-14(10-13)16(2,3)4;/h1-9,11-14H;5,7-11H,1-4H3;/q2*-1;/i;1D3,8D,9D,11D;. The van der Waals surface area contributed by atoms with Crippen molar-refractivity contribution >= 4 is 21.9 Å². The summed E-state index contributed by atoms with van der Waals surface area (Å²) in [6.07, 6.45) is 1.27. The average molecular weight is 768 g/mol. The number of aromatic nitrogens is 2. The molecule has 0 aliphatic heterocycles. The van der Waals surface area contributed by atoms with Gasteiger partial charge in [-0.2, -0.15) is 5.26 Å². The van der Waals surface area contributed by atoms with Crippen molar-refractivity contribution in [3.05, 3.63) is 144 Å². The van der Waals surface area contributed by atoms with Crippen LogP contribution in [-0.4, -0.2) is 9.97 Å². The normalized spacial score (nSPS) is 13.1. The van der Waals surface area contributed by atoms with Crippen molar-refractivity contribution in [2.75, 3.05) is 0 Å². The van der Waals surface area contributed by atoms with E-state index in [0.29, 0.717) is 16.7 Å². The molecule has 0 aliphatic carbocycles. The molecule has 0 aliphatic rings. The second-order valence-corrected chi connectivity index (χ2v) is 11.2. The van der Waals surface area contributed by atoms with E-state index in [1.54, 1.807) is 12.3 Å². The molecule has 3 aromatic heterocycles. The molecule has 3 heterocycles. The van der Waals surface area contributed by atoms with Crippen molar-refractivity contribution < 1.29 is 32.7 Å². The Balaban J connectivity index is 0.000000197. The Morgan fingerprint density at radius 1 is 0.844 bits per heavy atom. The van der Waals surface area contributed by atoms with Gasteiger partial charge in [0.15, 0.2) is 0 Å². The second-order valence-electron chi connectivity index (χ2n) is 11.2. The SMILES string of the molecule is N#Cc1ccc2c(oc3c(-c4ccccn4)[c-]ccc32)c1-c1ccccc1.[2H]c1nc(-c2[c-]ccc(C(C)(C)C)c2)c([2H])c([2H])c1C([2H])([2H])[2H].[Ir]. The van der Waals surface area contributed by atoms with E-state index in [0.717, 1.165) is 44.3 Å². The fourth-order valence-electron chi connectivity index (χ4n) is 4.98. The van der Waals surface area contributed by atoms with E-state index in [2.05, 4.69) is 28.2 Å². The van der Waals surface area contributed by atoms with Crippen molar-refractivity contribution in [3.63, 3.8) is 0 Å². The average Bonchev–Trinajstić information content (AvgIpc) is 3.48. The second kappa shape index (κ2) is 13.4. The summed E-state index contributed by atoms with van der Waals surface area (Å²) < 4.78 is 52.4. The van der Waals surface area contributed by atoms with E-state index in [-0.39, 0.29) is 37.3 Å². The predicted octanol–water partition coefficient (Wildman–Crippen LogP) is 10.1. The molecule has 7 aromatic rings. The molecule has 5 heteroatoms. The molecule has 4 aromatic carbocycles. The summed E-state index contributed by atoms with van der Waals surface area (Å²) in [5.74, 6) is 0. The Morgan fingerprint density at radius 2 is 1.62 bits per heavy atom. The Labute approximate surface area is 286 Å². The Kier molecular flexibility index (Phi) is 7.28. The van der Waals surface area contributed by atoms with Crippen LogP contribution in [0.2, 0.25) is 0 Å². The number of hydrogen-bond donors (Lipinski definition) is 0. The van der Waals surface area contributed by atoms with E-state index >= 15 is 0 Å². The first-order chi connectivity index (χ1) is 23.8. The molecule has 0 N–H and O–H groups in total. The number of nitriles is 1. The first-order valence-electron chi connectivity index (χ1n) is 17.1. The number of hydrogen-bond acceptors (Lipinski definition) is 4. The molecule has 0 unspecified atom stereocenters. The summed E-state index contributed by atoms with van der Waals surface area (Å²) in [5, 5.41) is 11.6. The Morgan fingerprint density at radius 3 is 2.36 bits per heavy atom. The van der Waals surface area contributed by atoms with Crippen LogP contribution in [0, 0.1) is 30.3 Å². The van der Waals surface area contributed by atoms with Gasteiger partial charge in [-0.05, 0) is 46.9 Å². The van der Waals surface area contributed by atoms with Gasteiger partial charge in [-0.25, -0.2) is 0 Å². The summed E-state index contributed by atoms with van der Waals surface area (Å²) in [7, 11) is 0. The van der Waals surface area contributed by atoms with Crippen molar-refractivity contribution in [1.82, 2.24) is 9.97 Å². The summed E-state index contributed by atoms with van der Waals surface area (Å²) in [4.78, 5) is 8.40. The van der Waals surface area contributed by atoms with Gasteiger partial charge in [-0.15, -0.1) is 53.6 Å². The van der Waals surface area contributed by atoms with Crippen LogP contribution in [0.5, 0.6) is 0 Å². The molecule has 0 saturated carbocycles. The summed E-state index contributed by atoms with van der Waals surface area (Å²) in [5.41, 5.74) is 6.45. The first-order valence-corrected chi connectivity index (χ1v) is 14.1. The minimum absolute atomic E-state index is 0. The molecule has 223 valence electrons. The zero-order valence-corrected chi connectivity index (χ0v) is 27.2. The van der Waals surface area contributed by atoms with Crippen LogP contribution in [0.1, 0.15) is 45.7 Å². The van der Waals surface area contributed by atoms with E-state index in [4.69, 9.17) is 12.6 Å². The van der Waals surface area contributed by atoms with Crippen molar-refractivity contribution in [1.29, 1.82) is 5.26 Å². The smallest absolute Gasteiger partial charge is 0.130 e. The third-order valence-corrected chi connectivity index (χ3v) is 7.21. The van der Waals surface area contributed by atoms with Crippen LogP contribution >= 0.6 is 0 Å². The maximum atomic E-state index is 9.64. The van der Waals surface area contributed by atoms with E-state index < -0.39 is 24.6 Å². The van der Waals surface area contributed by atoms with Gasteiger partial charge in [-0.3, -0.25) is 0 Å². The van der Waals surface area contributed by atoms with E-state index in [1.165, 1.54) is 0 Å². The van der Waals surface area contributed by atoms with Crippen molar-refractivity contribution in [3.8, 4) is 39.7 Å². The molecule has 45 heavy (non-hydrogen) atoms. The maximum absolute atomic E-state index is 9.64. The zero-order chi connectivity index (χ0) is 35.8. The Bertz CT molecular complexity index is 2400. The monoisotopic (exact) mass is 768 g/mol. The van der Waals surface area contributed by atoms with Gasteiger partial charge in [0.25, 0.3) is 0 Å². The molecule has 0 spiro atoms. The van der Waals surface area contributed by atoms with Gasteiger partial charge in [0, 0.05) is 47.5 Å². The molecule has 0 saturated heterocycles. The molecule has 0 amide bonds. The molecule has 4 nitrogen and oxygen atoms in total. The first kappa shape index (κ1) is 24.4. The summed E-state index contributed by atoms with van der Waals surface area (Å²) >= 11 is 0. The fourth-order valence-corrected chi connectivity index (χ4v) is 4.98. The molecule has 0 atom stereocenters. The van der Waals surface area contributed by atoms with Gasteiger partial charge < -0.3 is 14.4 Å². The third-order valence-electron chi connectivity index (χ3n) is 7.21. The summed E-state index contributed by atoms with van der Waals surface area (Å²) in [6.45, 7) is 3.51. The number of rotatable bonds is 3. The number of benzene rings is 4. The summed E-state index contributed by atoms with van der Waals surface area (Å²) in [6, 6.07) is 36.5. The molecule has 1 radical (unpaired) electrons. The number of fused-ring (bicyclic) bond motifs is 3. The minimum Gasteiger partial charge on any atom is -0.500 e. The van der Waals surface area contributed by atoms with Crippen LogP contribution in [0.25, 0.3) is 55.6 Å². The zero-order valence-electron chi connectivity index (χ0n) is 30.8. The van der Waals surface area contributed by atoms with Crippen molar-refractivity contribution in [2.45, 2.75) is 33.0 Å². The van der Waals surface area contributed by atoms with Gasteiger partial charge in [0.2, 0.25) is 0 Å². The van der Waals surface area contributed by atoms with Crippen LogP contribution in [0.15, 0.2) is 120 Å². The Hall–Kier alpha value is -4.88. The minimum atomic E-state index is -2.63. The molecule has 0 bridgehead atoms. The van der Waals surface area contributed by atoms with E-state index in [1.807, 2.05) is 106 Å². The van der Waals surface area contributed by atoms with Gasteiger partial charge in [0.1, 0.15) is 5.58 Å². The largest absolute Gasteiger partial charge is 0.500 e. The number of furan rings is 1. The molecule has 0 fully saturated rings. The van der Waals surface area contributed by atoms with Crippen LogP contribution < -0.4 is 0 Å². The molecular formula is C40H31IrN3O-2. The van der Waals surface area contributed by atoms with Crippen LogP contribution in [-0.2, 0) is 25.5 Å². The van der Waals surface area contributed by atoms with Gasteiger partial charge >= 0.3 is 0 Å². The third kappa shape index (κ3) is 6.64. The molecule has 7 rings (SSSR count). The van der Waals surface area contributed by atoms with E-state index in [9.17, 15) is 5.26 Å². The van der Waals surface area contributed by atoms with Crippen LogP contribution in [0.3, 0.4) is 0 Å². The molecular weight excluding hydrogens is 731 g/mol.